The molecule has 1 atom stereocenters. The molecule has 1 fully saturated rings. The highest BCUT2D eigenvalue weighted by molar-refractivity contribution is 6.33. The van der Waals surface area contributed by atoms with Crippen LogP contribution in [0.25, 0.3) is 0 Å². The Hall–Kier alpha value is -1.09. The lowest BCUT2D eigenvalue weighted by molar-refractivity contribution is 0.0697. The standard InChI is InChI=1S/C13H17ClN2O/c1-10-5-3-2-4-8-16(10)13(17)11-9-15-7-6-12(11)14/h6-7,9-10H,2-5,8H2,1H3. The summed E-state index contributed by atoms with van der Waals surface area (Å²) >= 11 is 6.04. The number of carbonyl (C=O) groups excluding carboxylic acids is 1. The van der Waals surface area contributed by atoms with Crippen LogP contribution in [0.1, 0.15) is 43.0 Å². The van der Waals surface area contributed by atoms with Crippen molar-refractivity contribution in [2.45, 2.75) is 38.6 Å². The Morgan fingerprint density at radius 3 is 3.06 bits per heavy atom. The number of likely N-dealkylation sites (tertiary alicyclic amines) is 1. The summed E-state index contributed by atoms with van der Waals surface area (Å²) in [4.78, 5) is 18.3. The van der Waals surface area contributed by atoms with Crippen molar-refractivity contribution in [1.82, 2.24) is 9.88 Å². The van der Waals surface area contributed by atoms with Gasteiger partial charge in [0.25, 0.3) is 5.91 Å². The number of carbonyl (C=O) groups is 1. The van der Waals surface area contributed by atoms with Gasteiger partial charge in [0.2, 0.25) is 0 Å². The first kappa shape index (κ1) is 12.4. The number of hydrogen-bond donors (Lipinski definition) is 0. The van der Waals surface area contributed by atoms with Crippen molar-refractivity contribution >= 4 is 17.5 Å². The Bertz CT molecular complexity index is 408. The molecule has 0 N–H and O–H groups in total. The third-order valence-corrected chi connectivity index (χ3v) is 3.64. The van der Waals surface area contributed by atoms with Gasteiger partial charge in [-0.15, -0.1) is 0 Å². The van der Waals surface area contributed by atoms with Gasteiger partial charge in [-0.3, -0.25) is 9.78 Å². The zero-order valence-corrected chi connectivity index (χ0v) is 10.8. The molecule has 1 aromatic rings. The molecule has 0 spiro atoms. The Kier molecular flexibility index (Phi) is 4.00. The van der Waals surface area contributed by atoms with Gasteiger partial charge in [0.15, 0.2) is 0 Å². The van der Waals surface area contributed by atoms with Gasteiger partial charge < -0.3 is 4.90 Å². The Morgan fingerprint density at radius 2 is 2.29 bits per heavy atom. The van der Waals surface area contributed by atoms with Gasteiger partial charge in [-0.25, -0.2) is 0 Å². The maximum Gasteiger partial charge on any atom is 0.257 e. The molecule has 1 amide bonds. The summed E-state index contributed by atoms with van der Waals surface area (Å²) in [6, 6.07) is 1.96. The molecule has 1 aromatic heterocycles. The lowest BCUT2D eigenvalue weighted by Gasteiger charge is -2.27. The number of pyridine rings is 1. The van der Waals surface area contributed by atoms with E-state index in [4.69, 9.17) is 11.6 Å². The smallest absolute Gasteiger partial charge is 0.257 e. The fourth-order valence-corrected chi connectivity index (χ4v) is 2.45. The molecule has 0 radical (unpaired) electrons. The monoisotopic (exact) mass is 252 g/mol. The highest BCUT2D eigenvalue weighted by Gasteiger charge is 2.24. The summed E-state index contributed by atoms with van der Waals surface area (Å²) in [5.41, 5.74) is 0.517. The van der Waals surface area contributed by atoms with Gasteiger partial charge in [0.05, 0.1) is 10.6 Å². The van der Waals surface area contributed by atoms with E-state index in [9.17, 15) is 4.79 Å². The predicted molar refractivity (Wildman–Crippen MR) is 68.2 cm³/mol. The predicted octanol–water partition coefficient (Wildman–Crippen LogP) is 3.14. The number of amides is 1. The Balaban J connectivity index is 2.21. The van der Waals surface area contributed by atoms with Crippen LogP contribution in [0.4, 0.5) is 0 Å². The van der Waals surface area contributed by atoms with Gasteiger partial charge in [-0.1, -0.05) is 24.4 Å². The zero-order valence-electron chi connectivity index (χ0n) is 10.0. The number of hydrogen-bond acceptors (Lipinski definition) is 2. The van der Waals surface area contributed by atoms with Crippen LogP contribution in [-0.2, 0) is 0 Å². The van der Waals surface area contributed by atoms with E-state index in [0.717, 1.165) is 19.4 Å². The van der Waals surface area contributed by atoms with Crippen LogP contribution in [-0.4, -0.2) is 28.4 Å². The molecule has 3 nitrogen and oxygen atoms in total. The molecule has 0 aliphatic carbocycles. The van der Waals surface area contributed by atoms with Crippen LogP contribution in [0.5, 0.6) is 0 Å². The van der Waals surface area contributed by atoms with E-state index < -0.39 is 0 Å². The lowest BCUT2D eigenvalue weighted by Crippen LogP contribution is -2.38. The van der Waals surface area contributed by atoms with Crippen molar-refractivity contribution < 1.29 is 4.79 Å². The van der Waals surface area contributed by atoms with E-state index in [1.807, 2.05) is 4.90 Å². The number of aromatic nitrogens is 1. The molecule has 0 saturated carbocycles. The quantitative estimate of drug-likeness (QED) is 0.769. The van der Waals surface area contributed by atoms with Crippen LogP contribution in [0.2, 0.25) is 5.02 Å². The molecule has 1 aliphatic rings. The molecular weight excluding hydrogens is 236 g/mol. The van der Waals surface area contributed by atoms with Gasteiger partial charge in [0.1, 0.15) is 0 Å². The van der Waals surface area contributed by atoms with Gasteiger partial charge in [-0.2, -0.15) is 0 Å². The lowest BCUT2D eigenvalue weighted by atomic mass is 10.1. The van der Waals surface area contributed by atoms with Crippen molar-refractivity contribution in [3.05, 3.63) is 29.0 Å². The molecule has 0 bridgehead atoms. The van der Waals surface area contributed by atoms with Crippen molar-refractivity contribution in [3.8, 4) is 0 Å². The average Bonchev–Trinajstić information content (AvgIpc) is 2.54. The largest absolute Gasteiger partial charge is 0.336 e. The van der Waals surface area contributed by atoms with Crippen LogP contribution < -0.4 is 0 Å². The van der Waals surface area contributed by atoms with Crippen LogP contribution in [0.15, 0.2) is 18.5 Å². The maximum absolute atomic E-state index is 12.4. The zero-order chi connectivity index (χ0) is 12.3. The number of rotatable bonds is 1. The summed E-state index contributed by atoms with van der Waals surface area (Å²) < 4.78 is 0. The fourth-order valence-electron chi connectivity index (χ4n) is 2.27. The normalized spacial score (nSPS) is 21.1. The van der Waals surface area contributed by atoms with Gasteiger partial charge >= 0.3 is 0 Å². The highest BCUT2D eigenvalue weighted by atomic mass is 35.5. The van der Waals surface area contributed by atoms with Crippen LogP contribution in [0, 0.1) is 0 Å². The summed E-state index contributed by atoms with van der Waals surface area (Å²) in [6.45, 7) is 2.93. The highest BCUT2D eigenvalue weighted by Crippen LogP contribution is 2.21. The molecular formula is C13H17ClN2O. The molecule has 0 aromatic carbocycles. The minimum atomic E-state index is 0.0116. The maximum atomic E-state index is 12.4. The van der Waals surface area contributed by atoms with Crippen molar-refractivity contribution in [2.24, 2.45) is 0 Å². The molecule has 2 rings (SSSR count). The van der Waals surface area contributed by atoms with E-state index >= 15 is 0 Å². The molecule has 1 saturated heterocycles. The number of nitrogens with zero attached hydrogens (tertiary/aromatic N) is 2. The summed E-state index contributed by atoms with van der Waals surface area (Å²) in [5.74, 6) is 0.0116. The van der Waals surface area contributed by atoms with E-state index in [2.05, 4.69) is 11.9 Å². The van der Waals surface area contributed by atoms with E-state index in [1.165, 1.54) is 12.8 Å². The van der Waals surface area contributed by atoms with Crippen molar-refractivity contribution in [1.29, 1.82) is 0 Å². The molecule has 1 unspecified atom stereocenters. The van der Waals surface area contributed by atoms with Crippen LogP contribution >= 0.6 is 11.6 Å². The van der Waals surface area contributed by atoms with Gasteiger partial charge in [0, 0.05) is 25.0 Å². The Labute approximate surface area is 107 Å². The molecule has 1 aliphatic heterocycles. The molecule has 2 heterocycles. The SMILES string of the molecule is CC1CCCCCN1C(=O)c1cnccc1Cl. The Morgan fingerprint density at radius 1 is 1.47 bits per heavy atom. The van der Waals surface area contributed by atoms with Crippen molar-refractivity contribution in [3.63, 3.8) is 0 Å². The third-order valence-electron chi connectivity index (χ3n) is 3.31. The summed E-state index contributed by atoms with van der Waals surface area (Å²) in [7, 11) is 0. The number of halogens is 1. The van der Waals surface area contributed by atoms with E-state index in [0.29, 0.717) is 16.6 Å². The first-order chi connectivity index (χ1) is 8.20. The molecule has 17 heavy (non-hydrogen) atoms. The minimum Gasteiger partial charge on any atom is -0.336 e. The average molecular weight is 253 g/mol. The summed E-state index contributed by atoms with van der Waals surface area (Å²) in [6.07, 6.45) is 7.71. The summed E-state index contributed by atoms with van der Waals surface area (Å²) in [5, 5.41) is 0.487. The second-order valence-corrected chi connectivity index (χ2v) is 4.96. The molecule has 4 heteroatoms. The van der Waals surface area contributed by atoms with E-state index in [-0.39, 0.29) is 5.91 Å². The molecule has 92 valence electrons. The van der Waals surface area contributed by atoms with E-state index in [1.54, 1.807) is 18.5 Å². The fraction of sp³-hybridized carbons (Fsp3) is 0.538. The topological polar surface area (TPSA) is 33.2 Å². The third kappa shape index (κ3) is 2.78. The second-order valence-electron chi connectivity index (χ2n) is 4.55. The van der Waals surface area contributed by atoms with Crippen molar-refractivity contribution in [2.75, 3.05) is 6.54 Å². The van der Waals surface area contributed by atoms with Crippen LogP contribution in [0.3, 0.4) is 0 Å². The minimum absolute atomic E-state index is 0.0116. The first-order valence-corrected chi connectivity index (χ1v) is 6.48. The first-order valence-electron chi connectivity index (χ1n) is 6.10. The van der Waals surface area contributed by atoms with Gasteiger partial charge in [-0.05, 0) is 25.8 Å². The second kappa shape index (κ2) is 5.50.